The molecule has 104 valence electrons. The van der Waals surface area contributed by atoms with Gasteiger partial charge in [0, 0.05) is 12.0 Å². The van der Waals surface area contributed by atoms with Crippen LogP contribution in [0.1, 0.15) is 28.3 Å². The second-order valence-electron chi connectivity index (χ2n) is 5.34. The lowest BCUT2D eigenvalue weighted by Gasteiger charge is -2.19. The van der Waals surface area contributed by atoms with Crippen LogP contribution in [0.4, 0.5) is 0 Å². The van der Waals surface area contributed by atoms with E-state index in [9.17, 15) is 0 Å². The first kappa shape index (κ1) is 13.2. The van der Waals surface area contributed by atoms with Crippen molar-refractivity contribution < 1.29 is 4.74 Å². The van der Waals surface area contributed by atoms with E-state index in [2.05, 4.69) is 54.8 Å². The molecule has 3 nitrogen and oxygen atoms in total. The van der Waals surface area contributed by atoms with Crippen LogP contribution in [0, 0.1) is 6.92 Å². The summed E-state index contributed by atoms with van der Waals surface area (Å²) in [6, 6.07) is 15.0. The van der Waals surface area contributed by atoms with Gasteiger partial charge in [0.2, 0.25) is 0 Å². The smallest absolute Gasteiger partial charge is 0.127 e. The van der Waals surface area contributed by atoms with Gasteiger partial charge in [0.25, 0.3) is 0 Å². The summed E-state index contributed by atoms with van der Waals surface area (Å²) in [6.45, 7) is 2.87. The van der Waals surface area contributed by atoms with Crippen molar-refractivity contribution in [2.75, 3.05) is 6.61 Å². The largest absolute Gasteiger partial charge is 0.493 e. The van der Waals surface area contributed by atoms with Crippen molar-refractivity contribution >= 4 is 0 Å². The molecular formula is C17H20N2O. The molecule has 1 unspecified atom stereocenters. The number of fused-ring (bicyclic) bond motifs is 1. The third-order valence-electron chi connectivity index (χ3n) is 3.88. The van der Waals surface area contributed by atoms with Crippen LogP contribution >= 0.6 is 0 Å². The first-order valence-electron chi connectivity index (χ1n) is 7.04. The highest BCUT2D eigenvalue weighted by molar-refractivity contribution is 5.46. The van der Waals surface area contributed by atoms with E-state index in [1.165, 1.54) is 16.7 Å². The predicted octanol–water partition coefficient (Wildman–Crippen LogP) is 2.68. The molecule has 20 heavy (non-hydrogen) atoms. The van der Waals surface area contributed by atoms with Crippen molar-refractivity contribution in [3.63, 3.8) is 0 Å². The molecule has 3 rings (SSSR count). The van der Waals surface area contributed by atoms with Crippen molar-refractivity contribution in [1.82, 2.24) is 5.43 Å². The number of ether oxygens (including phenoxy) is 1. The lowest BCUT2D eigenvalue weighted by atomic mass is 9.96. The number of benzene rings is 2. The molecule has 2 aromatic carbocycles. The van der Waals surface area contributed by atoms with Gasteiger partial charge < -0.3 is 4.74 Å². The monoisotopic (exact) mass is 268 g/mol. The molecule has 0 radical (unpaired) electrons. The third kappa shape index (κ3) is 2.55. The molecule has 0 aromatic heterocycles. The summed E-state index contributed by atoms with van der Waals surface area (Å²) in [5, 5.41) is 0. The van der Waals surface area contributed by atoms with Crippen molar-refractivity contribution in [2.45, 2.75) is 25.8 Å². The van der Waals surface area contributed by atoms with Crippen LogP contribution in [-0.2, 0) is 12.8 Å². The number of hydrogen-bond acceptors (Lipinski definition) is 3. The minimum atomic E-state index is 0.0748. The number of rotatable bonds is 4. The zero-order valence-electron chi connectivity index (χ0n) is 11.7. The lowest BCUT2D eigenvalue weighted by molar-refractivity contribution is 0.348. The molecule has 3 N–H and O–H groups in total. The third-order valence-corrected chi connectivity index (χ3v) is 3.88. The Morgan fingerprint density at radius 2 is 2.00 bits per heavy atom. The zero-order chi connectivity index (χ0) is 13.9. The number of nitrogens with two attached hydrogens (primary N) is 1. The molecule has 1 atom stereocenters. The maximum Gasteiger partial charge on any atom is 0.127 e. The molecule has 0 amide bonds. The molecule has 0 aliphatic carbocycles. The maximum atomic E-state index is 5.77. The van der Waals surface area contributed by atoms with Gasteiger partial charge in [-0.05, 0) is 24.5 Å². The van der Waals surface area contributed by atoms with Gasteiger partial charge in [0.15, 0.2) is 0 Å². The average Bonchev–Trinajstić information content (AvgIpc) is 2.95. The molecule has 1 aliphatic heterocycles. The van der Waals surface area contributed by atoms with E-state index in [4.69, 9.17) is 10.6 Å². The molecule has 2 aromatic rings. The Kier molecular flexibility index (Phi) is 3.72. The van der Waals surface area contributed by atoms with Gasteiger partial charge in [-0.2, -0.15) is 0 Å². The fourth-order valence-corrected chi connectivity index (χ4v) is 2.73. The summed E-state index contributed by atoms with van der Waals surface area (Å²) >= 11 is 0. The Bertz CT molecular complexity index is 592. The number of para-hydroxylation sites is 1. The molecule has 0 fully saturated rings. The van der Waals surface area contributed by atoms with Gasteiger partial charge in [0.1, 0.15) is 5.75 Å². The standard InChI is InChI=1S/C17H20N2O/c1-12-5-7-13(8-6-12)11-16(19-18)15-4-2-3-14-9-10-20-17(14)15/h2-8,16,19H,9-11,18H2,1H3. The summed E-state index contributed by atoms with van der Waals surface area (Å²) in [7, 11) is 0. The van der Waals surface area contributed by atoms with Gasteiger partial charge >= 0.3 is 0 Å². The van der Waals surface area contributed by atoms with Crippen LogP contribution in [-0.4, -0.2) is 6.61 Å². The summed E-state index contributed by atoms with van der Waals surface area (Å²) in [4.78, 5) is 0. The molecule has 3 heteroatoms. The summed E-state index contributed by atoms with van der Waals surface area (Å²) in [5.74, 6) is 6.79. The average molecular weight is 268 g/mol. The van der Waals surface area contributed by atoms with E-state index in [-0.39, 0.29) is 6.04 Å². The van der Waals surface area contributed by atoms with Crippen LogP contribution in [0.2, 0.25) is 0 Å². The van der Waals surface area contributed by atoms with E-state index in [1.54, 1.807) is 0 Å². The van der Waals surface area contributed by atoms with Gasteiger partial charge in [-0.1, -0.05) is 48.0 Å². The zero-order valence-corrected chi connectivity index (χ0v) is 11.7. The van der Waals surface area contributed by atoms with Crippen molar-refractivity contribution in [3.8, 4) is 5.75 Å². The highest BCUT2D eigenvalue weighted by atomic mass is 16.5. The van der Waals surface area contributed by atoms with Crippen LogP contribution in [0.15, 0.2) is 42.5 Å². The maximum absolute atomic E-state index is 5.77. The Balaban J connectivity index is 1.87. The van der Waals surface area contributed by atoms with Crippen LogP contribution in [0.5, 0.6) is 5.75 Å². The number of hydrogen-bond donors (Lipinski definition) is 2. The Morgan fingerprint density at radius 3 is 2.75 bits per heavy atom. The van der Waals surface area contributed by atoms with E-state index >= 15 is 0 Å². The molecule has 0 saturated carbocycles. The van der Waals surface area contributed by atoms with Crippen LogP contribution in [0.3, 0.4) is 0 Å². The highest BCUT2D eigenvalue weighted by Gasteiger charge is 2.21. The Labute approximate surface area is 119 Å². The normalized spacial score (nSPS) is 14.7. The molecule has 1 aliphatic rings. The van der Waals surface area contributed by atoms with Gasteiger partial charge in [0.05, 0.1) is 12.6 Å². The fourth-order valence-electron chi connectivity index (χ4n) is 2.73. The SMILES string of the molecule is Cc1ccc(CC(NN)c2cccc3c2OCC3)cc1. The number of hydrazine groups is 1. The van der Waals surface area contributed by atoms with Crippen LogP contribution < -0.4 is 16.0 Å². The van der Waals surface area contributed by atoms with E-state index in [0.29, 0.717) is 0 Å². The molecule has 0 spiro atoms. The van der Waals surface area contributed by atoms with Gasteiger partial charge in [-0.15, -0.1) is 0 Å². The van der Waals surface area contributed by atoms with Gasteiger partial charge in [-0.3, -0.25) is 11.3 Å². The molecule has 0 bridgehead atoms. The van der Waals surface area contributed by atoms with Crippen molar-refractivity contribution in [2.24, 2.45) is 5.84 Å². The molecular weight excluding hydrogens is 248 g/mol. The first-order valence-corrected chi connectivity index (χ1v) is 7.04. The number of aryl methyl sites for hydroxylation is 1. The Hall–Kier alpha value is -1.84. The minimum absolute atomic E-state index is 0.0748. The summed E-state index contributed by atoms with van der Waals surface area (Å²) in [6.07, 6.45) is 1.85. The van der Waals surface area contributed by atoms with E-state index in [1.807, 2.05) is 0 Å². The van der Waals surface area contributed by atoms with Gasteiger partial charge in [-0.25, -0.2) is 0 Å². The Morgan fingerprint density at radius 1 is 1.20 bits per heavy atom. The van der Waals surface area contributed by atoms with E-state index in [0.717, 1.165) is 30.8 Å². The fraction of sp³-hybridized carbons (Fsp3) is 0.294. The quantitative estimate of drug-likeness (QED) is 0.662. The second kappa shape index (κ2) is 5.65. The molecule has 1 heterocycles. The van der Waals surface area contributed by atoms with E-state index < -0.39 is 0 Å². The van der Waals surface area contributed by atoms with Crippen molar-refractivity contribution in [3.05, 3.63) is 64.7 Å². The minimum Gasteiger partial charge on any atom is -0.493 e. The van der Waals surface area contributed by atoms with Crippen LogP contribution in [0.25, 0.3) is 0 Å². The molecule has 0 saturated heterocycles. The summed E-state index contributed by atoms with van der Waals surface area (Å²) < 4.78 is 5.77. The summed E-state index contributed by atoms with van der Waals surface area (Å²) in [5.41, 5.74) is 7.92. The highest BCUT2D eigenvalue weighted by Crippen LogP contribution is 2.34. The predicted molar refractivity (Wildman–Crippen MR) is 80.6 cm³/mol. The topological polar surface area (TPSA) is 47.3 Å². The lowest BCUT2D eigenvalue weighted by Crippen LogP contribution is -2.29. The first-order chi connectivity index (χ1) is 9.78. The van der Waals surface area contributed by atoms with Crippen molar-refractivity contribution in [1.29, 1.82) is 0 Å². The second-order valence-corrected chi connectivity index (χ2v) is 5.34. The number of nitrogens with one attached hydrogen (secondary N) is 1.